The van der Waals surface area contributed by atoms with Crippen molar-refractivity contribution in [2.75, 3.05) is 13.1 Å². The second-order valence-corrected chi connectivity index (χ2v) is 5.58. The van der Waals surface area contributed by atoms with Crippen molar-refractivity contribution in [1.82, 2.24) is 9.88 Å². The van der Waals surface area contributed by atoms with Gasteiger partial charge in [0.15, 0.2) is 0 Å². The average Bonchev–Trinajstić information content (AvgIpc) is 2.55. The van der Waals surface area contributed by atoms with Crippen LogP contribution in [0, 0.1) is 0 Å². The van der Waals surface area contributed by atoms with Gasteiger partial charge >= 0.3 is 0 Å². The van der Waals surface area contributed by atoms with Crippen molar-refractivity contribution < 1.29 is 4.79 Å². The molecule has 0 atom stereocenters. The van der Waals surface area contributed by atoms with E-state index in [1.165, 1.54) is 5.56 Å². The van der Waals surface area contributed by atoms with Gasteiger partial charge < -0.3 is 4.90 Å². The molecule has 2 rings (SSSR count). The van der Waals surface area contributed by atoms with Gasteiger partial charge in [0.25, 0.3) is 0 Å². The quantitative estimate of drug-likeness (QED) is 0.779. The molecule has 1 aromatic carbocycles. The highest BCUT2D eigenvalue weighted by molar-refractivity contribution is 6.31. The molecule has 1 heterocycles. The molecule has 0 N–H and O–H groups in total. The highest BCUT2D eigenvalue weighted by Crippen LogP contribution is 2.17. The van der Waals surface area contributed by atoms with Gasteiger partial charge in [-0.05, 0) is 49.1 Å². The number of hydrogen-bond acceptors (Lipinski definition) is 2. The van der Waals surface area contributed by atoms with Crippen molar-refractivity contribution >= 4 is 17.5 Å². The first-order valence-corrected chi connectivity index (χ1v) is 7.98. The van der Waals surface area contributed by atoms with Gasteiger partial charge in [0.1, 0.15) is 0 Å². The molecule has 2 aromatic rings. The molecule has 0 unspecified atom stereocenters. The summed E-state index contributed by atoms with van der Waals surface area (Å²) in [5.74, 6) is 0.177. The first-order valence-electron chi connectivity index (χ1n) is 7.60. The summed E-state index contributed by atoms with van der Waals surface area (Å²) in [4.78, 5) is 18.3. The number of hydrogen-bond donors (Lipinski definition) is 0. The molecule has 0 aliphatic rings. The molecule has 0 bridgehead atoms. The molecule has 3 nitrogen and oxygen atoms in total. The van der Waals surface area contributed by atoms with E-state index in [1.54, 1.807) is 12.4 Å². The van der Waals surface area contributed by atoms with E-state index in [2.05, 4.69) is 4.98 Å². The third-order valence-corrected chi connectivity index (χ3v) is 4.09. The molecule has 0 aliphatic heterocycles. The van der Waals surface area contributed by atoms with Crippen LogP contribution in [0.25, 0.3) is 0 Å². The fraction of sp³-hybridized carbons (Fsp3) is 0.333. The monoisotopic (exact) mass is 316 g/mol. The summed E-state index contributed by atoms with van der Waals surface area (Å²) in [7, 11) is 0. The smallest absolute Gasteiger partial charge is 0.222 e. The Morgan fingerprint density at radius 3 is 2.55 bits per heavy atom. The largest absolute Gasteiger partial charge is 0.343 e. The number of carbonyl (C=O) groups is 1. The molecular weight excluding hydrogens is 296 g/mol. The van der Waals surface area contributed by atoms with E-state index >= 15 is 0 Å². The maximum atomic E-state index is 12.4. The molecule has 1 aromatic heterocycles. The number of likely N-dealkylation sites (N-methyl/N-ethyl adjacent to an activating group) is 1. The number of aromatic nitrogens is 1. The Morgan fingerprint density at radius 2 is 1.86 bits per heavy atom. The van der Waals surface area contributed by atoms with Crippen molar-refractivity contribution in [3.63, 3.8) is 0 Å². The van der Waals surface area contributed by atoms with E-state index in [9.17, 15) is 4.79 Å². The summed E-state index contributed by atoms with van der Waals surface area (Å²) >= 11 is 6.13. The van der Waals surface area contributed by atoms with Gasteiger partial charge in [-0.1, -0.05) is 29.8 Å². The molecule has 0 spiro atoms. The van der Waals surface area contributed by atoms with Crippen LogP contribution in [0.2, 0.25) is 5.02 Å². The number of halogens is 1. The second kappa shape index (κ2) is 8.54. The lowest BCUT2D eigenvalue weighted by atomic mass is 10.1. The summed E-state index contributed by atoms with van der Waals surface area (Å²) < 4.78 is 0. The van der Waals surface area contributed by atoms with E-state index in [4.69, 9.17) is 11.6 Å². The maximum Gasteiger partial charge on any atom is 0.222 e. The predicted molar refractivity (Wildman–Crippen MR) is 90.0 cm³/mol. The standard InChI is InChI=1S/C18H21ClN2O/c1-2-21(14-11-15-9-12-20-13-10-15)18(22)8-7-16-5-3-4-6-17(16)19/h3-6,9-10,12-13H,2,7-8,11,14H2,1H3. The Hall–Kier alpha value is -1.87. The van der Waals surface area contributed by atoms with Crippen molar-refractivity contribution in [2.45, 2.75) is 26.2 Å². The van der Waals surface area contributed by atoms with E-state index in [0.717, 1.165) is 30.1 Å². The lowest BCUT2D eigenvalue weighted by Gasteiger charge is -2.21. The maximum absolute atomic E-state index is 12.4. The summed E-state index contributed by atoms with van der Waals surface area (Å²) in [5, 5.41) is 0.732. The summed E-state index contributed by atoms with van der Waals surface area (Å²) in [6, 6.07) is 11.7. The zero-order valence-corrected chi connectivity index (χ0v) is 13.6. The third-order valence-electron chi connectivity index (χ3n) is 3.72. The lowest BCUT2D eigenvalue weighted by molar-refractivity contribution is -0.130. The third kappa shape index (κ3) is 4.85. The fourth-order valence-electron chi connectivity index (χ4n) is 2.37. The second-order valence-electron chi connectivity index (χ2n) is 5.17. The molecule has 1 amide bonds. The van der Waals surface area contributed by atoms with E-state index in [-0.39, 0.29) is 5.91 Å². The molecule has 0 saturated carbocycles. The van der Waals surface area contributed by atoms with Crippen LogP contribution in [0.1, 0.15) is 24.5 Å². The molecule has 0 saturated heterocycles. The van der Waals surface area contributed by atoms with Crippen molar-refractivity contribution in [1.29, 1.82) is 0 Å². The van der Waals surface area contributed by atoms with Gasteiger partial charge in [-0.15, -0.1) is 0 Å². The van der Waals surface area contributed by atoms with E-state index < -0.39 is 0 Å². The minimum Gasteiger partial charge on any atom is -0.343 e. The van der Waals surface area contributed by atoms with E-state index in [1.807, 2.05) is 48.2 Å². The van der Waals surface area contributed by atoms with Gasteiger partial charge in [-0.3, -0.25) is 9.78 Å². The van der Waals surface area contributed by atoms with Crippen LogP contribution in [0.15, 0.2) is 48.8 Å². The van der Waals surface area contributed by atoms with Crippen LogP contribution in [-0.2, 0) is 17.6 Å². The molecule has 0 aliphatic carbocycles. The summed E-state index contributed by atoms with van der Waals surface area (Å²) in [6.45, 7) is 3.48. The molecule has 116 valence electrons. The Morgan fingerprint density at radius 1 is 1.14 bits per heavy atom. The first-order chi connectivity index (χ1) is 10.7. The molecular formula is C18H21ClN2O. The molecule has 0 fully saturated rings. The minimum absolute atomic E-state index is 0.177. The predicted octanol–water partition coefficient (Wildman–Crippen LogP) is 3.76. The SMILES string of the molecule is CCN(CCc1ccncc1)C(=O)CCc1ccccc1Cl. The van der Waals surface area contributed by atoms with Crippen molar-refractivity contribution in [2.24, 2.45) is 0 Å². The summed E-state index contributed by atoms with van der Waals surface area (Å²) in [6.07, 6.45) is 5.60. The van der Waals surface area contributed by atoms with Gasteiger partial charge in [0.2, 0.25) is 5.91 Å². The fourth-order valence-corrected chi connectivity index (χ4v) is 2.60. The molecule has 22 heavy (non-hydrogen) atoms. The molecule has 0 radical (unpaired) electrons. The summed E-state index contributed by atoms with van der Waals surface area (Å²) in [5.41, 5.74) is 2.23. The zero-order chi connectivity index (χ0) is 15.8. The van der Waals surface area contributed by atoms with Crippen LogP contribution in [0.4, 0.5) is 0 Å². The van der Waals surface area contributed by atoms with Gasteiger partial charge in [-0.2, -0.15) is 0 Å². The number of amides is 1. The van der Waals surface area contributed by atoms with Crippen LogP contribution >= 0.6 is 11.6 Å². The van der Waals surface area contributed by atoms with Gasteiger partial charge in [0, 0.05) is 36.9 Å². The number of benzene rings is 1. The topological polar surface area (TPSA) is 33.2 Å². The number of aryl methyl sites for hydroxylation is 1. The Bertz CT molecular complexity index is 601. The normalized spacial score (nSPS) is 10.5. The number of rotatable bonds is 7. The van der Waals surface area contributed by atoms with Crippen LogP contribution < -0.4 is 0 Å². The van der Waals surface area contributed by atoms with Gasteiger partial charge in [-0.25, -0.2) is 0 Å². The van der Waals surface area contributed by atoms with Crippen LogP contribution in [0.3, 0.4) is 0 Å². The Kier molecular flexibility index (Phi) is 6.41. The first kappa shape index (κ1) is 16.5. The average molecular weight is 317 g/mol. The molecule has 4 heteroatoms. The number of pyridine rings is 1. The van der Waals surface area contributed by atoms with E-state index in [0.29, 0.717) is 12.8 Å². The van der Waals surface area contributed by atoms with Gasteiger partial charge in [0.05, 0.1) is 0 Å². The minimum atomic E-state index is 0.177. The van der Waals surface area contributed by atoms with Crippen molar-refractivity contribution in [3.05, 3.63) is 64.9 Å². The van der Waals surface area contributed by atoms with Crippen LogP contribution in [-0.4, -0.2) is 28.9 Å². The Labute approximate surface area is 136 Å². The Balaban J connectivity index is 1.85. The highest BCUT2D eigenvalue weighted by atomic mass is 35.5. The van der Waals surface area contributed by atoms with Crippen LogP contribution in [0.5, 0.6) is 0 Å². The zero-order valence-electron chi connectivity index (χ0n) is 12.8. The highest BCUT2D eigenvalue weighted by Gasteiger charge is 2.12. The van der Waals surface area contributed by atoms with Crippen molar-refractivity contribution in [3.8, 4) is 0 Å². The number of nitrogens with zero attached hydrogens (tertiary/aromatic N) is 2. The number of carbonyl (C=O) groups excluding carboxylic acids is 1. The lowest BCUT2D eigenvalue weighted by Crippen LogP contribution is -2.32.